The third-order valence-corrected chi connectivity index (χ3v) is 5.46. The fourth-order valence-electron chi connectivity index (χ4n) is 2.46. The first kappa shape index (κ1) is 25.5. The molecule has 0 aliphatic rings. The van der Waals surface area contributed by atoms with Gasteiger partial charge in [-0.2, -0.15) is 0 Å². The molecule has 0 unspecified atom stereocenters. The number of benzene rings is 1. The predicted molar refractivity (Wildman–Crippen MR) is 117 cm³/mol. The third kappa shape index (κ3) is 7.38. The molecule has 1 aromatic heterocycles. The molecule has 0 saturated carbocycles. The number of carbonyl (C=O) groups excluding carboxylic acids is 4. The number of pyridine rings is 1. The van der Waals surface area contributed by atoms with Crippen molar-refractivity contribution in [1.29, 1.82) is 0 Å². The van der Waals surface area contributed by atoms with Crippen molar-refractivity contribution in [3.05, 3.63) is 59.4 Å². The van der Waals surface area contributed by atoms with E-state index in [0.29, 0.717) is 13.0 Å². The van der Waals surface area contributed by atoms with Crippen LogP contribution >= 0.6 is 0 Å². The van der Waals surface area contributed by atoms with Gasteiger partial charge in [0, 0.05) is 18.3 Å². The van der Waals surface area contributed by atoms with Crippen LogP contribution in [0.5, 0.6) is 0 Å². The lowest BCUT2D eigenvalue weighted by atomic mass is 10.2. The molecule has 3 amide bonds. The van der Waals surface area contributed by atoms with E-state index in [9.17, 15) is 27.6 Å². The molecule has 3 N–H and O–H groups in total. The summed E-state index contributed by atoms with van der Waals surface area (Å²) in [5.41, 5.74) is 0.105. The quantitative estimate of drug-likeness (QED) is 0.421. The fourth-order valence-corrected chi connectivity index (χ4v) is 3.43. The molecule has 0 fully saturated rings. The molecule has 1 heterocycles. The van der Waals surface area contributed by atoms with E-state index in [1.807, 2.05) is 11.6 Å². The zero-order valence-electron chi connectivity index (χ0n) is 18.1. The van der Waals surface area contributed by atoms with Crippen molar-refractivity contribution in [3.63, 3.8) is 0 Å². The van der Waals surface area contributed by atoms with Gasteiger partial charge in [-0.15, -0.1) is 0 Å². The fraction of sp³-hybridized carbons (Fsp3) is 0.286. The predicted octanol–water partition coefficient (Wildman–Crippen LogP) is 0.633. The Morgan fingerprint density at radius 3 is 2.12 bits per heavy atom. The molecule has 0 aliphatic carbocycles. The summed E-state index contributed by atoms with van der Waals surface area (Å²) in [7, 11) is -4.20. The van der Waals surface area contributed by atoms with E-state index in [-0.39, 0.29) is 40.8 Å². The van der Waals surface area contributed by atoms with Gasteiger partial charge in [0.1, 0.15) is 12.2 Å². The lowest BCUT2D eigenvalue weighted by Gasteiger charge is -2.09. The van der Waals surface area contributed by atoms with Crippen LogP contribution in [0.4, 0.5) is 0 Å². The lowest BCUT2D eigenvalue weighted by molar-refractivity contribution is -0.142. The van der Waals surface area contributed by atoms with E-state index in [1.165, 1.54) is 36.4 Å². The smallest absolute Gasteiger partial charge is 0.325 e. The van der Waals surface area contributed by atoms with Gasteiger partial charge in [-0.05, 0) is 49.7 Å². The highest BCUT2D eigenvalue weighted by Gasteiger charge is 2.20. The maximum atomic E-state index is 12.5. The van der Waals surface area contributed by atoms with Crippen LogP contribution in [0.3, 0.4) is 0 Å². The van der Waals surface area contributed by atoms with E-state index in [2.05, 4.69) is 15.6 Å². The van der Waals surface area contributed by atoms with Gasteiger partial charge in [-0.25, -0.2) is 13.1 Å². The first-order valence-electron chi connectivity index (χ1n) is 10.0. The Bertz CT molecular complexity index is 1110. The minimum absolute atomic E-state index is 0.0707. The SMILES string of the molecule is CCCOC(=O)CNC(=O)c1ccc(C(=O)NS(=O)(=O)c2ccc(C(=O)NCC)cc2)cn1. The molecule has 0 radical (unpaired) electrons. The molecule has 0 saturated heterocycles. The molecule has 0 spiro atoms. The highest BCUT2D eigenvalue weighted by atomic mass is 32.2. The third-order valence-electron chi connectivity index (χ3n) is 4.11. The number of hydrogen-bond acceptors (Lipinski definition) is 8. The van der Waals surface area contributed by atoms with Crippen LogP contribution < -0.4 is 15.4 Å². The number of hydrogen-bond donors (Lipinski definition) is 3. The minimum Gasteiger partial charge on any atom is -0.464 e. The van der Waals surface area contributed by atoms with Crippen molar-refractivity contribution in [1.82, 2.24) is 20.3 Å². The maximum absolute atomic E-state index is 12.5. The van der Waals surface area contributed by atoms with E-state index in [0.717, 1.165) is 6.20 Å². The number of ether oxygens (including phenoxy) is 1. The van der Waals surface area contributed by atoms with Gasteiger partial charge in [0.2, 0.25) is 0 Å². The second-order valence-electron chi connectivity index (χ2n) is 6.65. The van der Waals surface area contributed by atoms with Crippen molar-refractivity contribution in [2.45, 2.75) is 25.2 Å². The first-order chi connectivity index (χ1) is 15.7. The Labute approximate surface area is 191 Å². The lowest BCUT2D eigenvalue weighted by Crippen LogP contribution is -2.32. The summed E-state index contributed by atoms with van der Waals surface area (Å²) < 4.78 is 31.7. The zero-order chi connectivity index (χ0) is 24.4. The molecule has 33 heavy (non-hydrogen) atoms. The molecular weight excluding hydrogens is 452 g/mol. The highest BCUT2D eigenvalue weighted by molar-refractivity contribution is 7.90. The Kier molecular flexibility index (Phi) is 9.04. The van der Waals surface area contributed by atoms with Gasteiger partial charge in [0.05, 0.1) is 17.1 Å². The molecule has 2 aromatic rings. The summed E-state index contributed by atoms with van der Waals surface area (Å²) in [5, 5.41) is 4.93. The van der Waals surface area contributed by atoms with E-state index >= 15 is 0 Å². The average Bonchev–Trinajstić information content (AvgIpc) is 2.81. The van der Waals surface area contributed by atoms with Crippen LogP contribution in [0, 0.1) is 0 Å². The Hall–Kier alpha value is -3.80. The van der Waals surface area contributed by atoms with E-state index in [4.69, 9.17) is 4.74 Å². The van der Waals surface area contributed by atoms with Gasteiger partial charge < -0.3 is 15.4 Å². The Morgan fingerprint density at radius 2 is 1.55 bits per heavy atom. The van der Waals surface area contributed by atoms with Crippen LogP contribution in [0.2, 0.25) is 0 Å². The number of sulfonamides is 1. The van der Waals surface area contributed by atoms with Crippen LogP contribution in [-0.2, 0) is 19.6 Å². The number of nitrogens with zero attached hydrogens (tertiary/aromatic N) is 1. The molecule has 0 atom stereocenters. The van der Waals surface area contributed by atoms with E-state index in [1.54, 1.807) is 6.92 Å². The molecule has 0 aliphatic heterocycles. The Morgan fingerprint density at radius 1 is 0.879 bits per heavy atom. The number of nitrogens with one attached hydrogen (secondary N) is 3. The monoisotopic (exact) mass is 476 g/mol. The summed E-state index contributed by atoms with van der Waals surface area (Å²) >= 11 is 0. The van der Waals surface area contributed by atoms with Crippen molar-refractivity contribution in [2.75, 3.05) is 19.7 Å². The second kappa shape index (κ2) is 11.7. The molecule has 0 bridgehead atoms. The molecule has 176 valence electrons. The molecule has 1 aromatic carbocycles. The molecular formula is C21H24N4O7S. The highest BCUT2D eigenvalue weighted by Crippen LogP contribution is 2.12. The normalized spacial score (nSPS) is 10.7. The molecule has 2 rings (SSSR count). The summed E-state index contributed by atoms with van der Waals surface area (Å²) in [4.78, 5) is 51.2. The maximum Gasteiger partial charge on any atom is 0.325 e. The summed E-state index contributed by atoms with van der Waals surface area (Å²) in [6.07, 6.45) is 1.69. The zero-order valence-corrected chi connectivity index (χ0v) is 18.9. The van der Waals surface area contributed by atoms with Crippen LogP contribution in [-0.4, -0.2) is 56.8 Å². The second-order valence-corrected chi connectivity index (χ2v) is 8.34. The van der Waals surface area contributed by atoms with Gasteiger partial charge in [-0.3, -0.25) is 24.2 Å². The number of rotatable bonds is 10. The van der Waals surface area contributed by atoms with Crippen LogP contribution in [0.25, 0.3) is 0 Å². The van der Waals surface area contributed by atoms with Gasteiger partial charge >= 0.3 is 5.97 Å². The van der Waals surface area contributed by atoms with Crippen molar-refractivity contribution >= 4 is 33.7 Å². The summed E-state index contributed by atoms with van der Waals surface area (Å²) in [6, 6.07) is 7.51. The van der Waals surface area contributed by atoms with Crippen molar-refractivity contribution < 1.29 is 32.3 Å². The standard InChI is InChI=1S/C21H24N4O7S/c1-3-11-32-18(26)13-24-21(29)17-10-7-15(12-23-17)20(28)25-33(30,31)16-8-5-14(6-9-16)19(27)22-4-2/h5-10,12H,3-4,11,13H2,1-2H3,(H,22,27)(H,24,29)(H,25,28). The number of carbonyl (C=O) groups is 4. The minimum atomic E-state index is -4.20. The number of esters is 1. The van der Waals surface area contributed by atoms with Gasteiger partial charge in [-0.1, -0.05) is 6.92 Å². The molecule has 12 heteroatoms. The van der Waals surface area contributed by atoms with Crippen LogP contribution in [0.1, 0.15) is 51.5 Å². The topological polar surface area (TPSA) is 161 Å². The average molecular weight is 477 g/mol. The van der Waals surface area contributed by atoms with Gasteiger partial charge in [0.25, 0.3) is 27.7 Å². The van der Waals surface area contributed by atoms with Crippen molar-refractivity contribution in [2.24, 2.45) is 0 Å². The number of amides is 3. The largest absolute Gasteiger partial charge is 0.464 e. The Balaban J connectivity index is 2.00. The van der Waals surface area contributed by atoms with Crippen LogP contribution in [0.15, 0.2) is 47.5 Å². The summed E-state index contributed by atoms with van der Waals surface area (Å²) in [6.45, 7) is 3.93. The van der Waals surface area contributed by atoms with Gasteiger partial charge in [0.15, 0.2) is 0 Å². The van der Waals surface area contributed by atoms with Crippen molar-refractivity contribution in [3.8, 4) is 0 Å². The summed E-state index contributed by atoms with van der Waals surface area (Å²) in [5.74, 6) is -2.55. The molecule has 11 nitrogen and oxygen atoms in total. The van der Waals surface area contributed by atoms with E-state index < -0.39 is 27.8 Å². The first-order valence-corrected chi connectivity index (χ1v) is 11.5. The number of aromatic nitrogens is 1.